The molecular formula is C21H20N4O3S. The van der Waals surface area contributed by atoms with Gasteiger partial charge in [-0.2, -0.15) is 4.98 Å². The Balaban J connectivity index is 1.33. The molecule has 0 spiro atoms. The molecule has 1 aliphatic rings. The molecule has 0 radical (unpaired) electrons. The van der Waals surface area contributed by atoms with Crippen LogP contribution < -0.4 is 10.5 Å². The summed E-state index contributed by atoms with van der Waals surface area (Å²) in [6.45, 7) is 2.40. The number of rotatable bonds is 5. The summed E-state index contributed by atoms with van der Waals surface area (Å²) >= 11 is 1.46. The summed E-state index contributed by atoms with van der Waals surface area (Å²) in [7, 11) is 0. The van der Waals surface area contributed by atoms with Gasteiger partial charge in [-0.1, -0.05) is 11.3 Å². The van der Waals surface area contributed by atoms with Gasteiger partial charge in [-0.15, -0.1) is 0 Å². The molecule has 1 fully saturated rings. The lowest BCUT2D eigenvalue weighted by Crippen LogP contribution is -2.40. The molecule has 8 heteroatoms. The number of nitrogens with zero attached hydrogens (tertiary/aromatic N) is 3. The van der Waals surface area contributed by atoms with E-state index in [1.807, 2.05) is 30.3 Å². The zero-order valence-corrected chi connectivity index (χ0v) is 16.5. The second kappa shape index (κ2) is 7.46. The zero-order chi connectivity index (χ0) is 19.8. The molecule has 7 nitrogen and oxygen atoms in total. The van der Waals surface area contributed by atoms with E-state index < -0.39 is 0 Å². The predicted octanol–water partition coefficient (Wildman–Crippen LogP) is 3.93. The van der Waals surface area contributed by atoms with Gasteiger partial charge < -0.3 is 14.9 Å². The van der Waals surface area contributed by atoms with E-state index in [0.717, 1.165) is 47.2 Å². The van der Waals surface area contributed by atoms with Crippen molar-refractivity contribution in [1.29, 1.82) is 0 Å². The highest BCUT2D eigenvalue weighted by Crippen LogP contribution is 2.33. The van der Waals surface area contributed by atoms with Crippen molar-refractivity contribution < 1.29 is 13.9 Å². The molecule has 29 heavy (non-hydrogen) atoms. The van der Waals surface area contributed by atoms with Crippen LogP contribution in [0.3, 0.4) is 0 Å². The Kier molecular flexibility index (Phi) is 4.65. The Hall–Kier alpha value is -2.97. The van der Waals surface area contributed by atoms with Crippen LogP contribution in [0.5, 0.6) is 10.9 Å². The van der Waals surface area contributed by atoms with E-state index in [0.29, 0.717) is 23.1 Å². The van der Waals surface area contributed by atoms with E-state index in [9.17, 15) is 4.79 Å². The highest BCUT2D eigenvalue weighted by atomic mass is 32.1. The number of primary amides is 1. The van der Waals surface area contributed by atoms with Gasteiger partial charge in [-0.3, -0.25) is 9.69 Å². The largest absolute Gasteiger partial charge is 0.464 e. The topological polar surface area (TPSA) is 94.5 Å². The highest BCUT2D eigenvalue weighted by Gasteiger charge is 2.24. The number of benzene rings is 1. The number of aromatic nitrogens is 2. The number of ether oxygens (including phenoxy) is 1. The number of thiazole rings is 1. The van der Waals surface area contributed by atoms with Crippen LogP contribution in [-0.4, -0.2) is 33.9 Å². The van der Waals surface area contributed by atoms with E-state index in [4.69, 9.17) is 14.9 Å². The average molecular weight is 408 g/mol. The maximum atomic E-state index is 11.5. The fourth-order valence-corrected chi connectivity index (χ4v) is 4.61. The number of nitrogens with two attached hydrogens (primary N) is 1. The van der Waals surface area contributed by atoms with Crippen LogP contribution >= 0.6 is 11.3 Å². The van der Waals surface area contributed by atoms with Gasteiger partial charge in [0.25, 0.3) is 5.19 Å². The molecule has 1 saturated heterocycles. The van der Waals surface area contributed by atoms with E-state index in [1.54, 1.807) is 12.5 Å². The molecule has 4 heterocycles. The number of amides is 1. The van der Waals surface area contributed by atoms with Crippen molar-refractivity contribution in [2.45, 2.75) is 19.4 Å². The minimum absolute atomic E-state index is 0.0646. The Bertz CT molecular complexity index is 1150. The molecule has 0 aliphatic carbocycles. The van der Waals surface area contributed by atoms with Crippen LogP contribution in [0.1, 0.15) is 18.4 Å². The Morgan fingerprint density at radius 2 is 2.31 bits per heavy atom. The lowest BCUT2D eigenvalue weighted by molar-refractivity contribution is -0.123. The normalized spacial score (nSPS) is 17.7. The molecule has 1 unspecified atom stereocenters. The fraction of sp³-hybridized carbons (Fsp3) is 0.286. The third-order valence-corrected chi connectivity index (χ3v) is 6.17. The lowest BCUT2D eigenvalue weighted by Gasteiger charge is -2.30. The molecule has 2 N–H and O–H groups in total. The molecule has 1 atom stereocenters. The maximum Gasteiger partial charge on any atom is 0.281 e. The zero-order valence-electron chi connectivity index (χ0n) is 15.7. The summed E-state index contributed by atoms with van der Waals surface area (Å²) in [6.07, 6.45) is 5.36. The smallest absolute Gasteiger partial charge is 0.281 e. The second-order valence-corrected chi connectivity index (χ2v) is 8.30. The third kappa shape index (κ3) is 3.68. The highest BCUT2D eigenvalue weighted by molar-refractivity contribution is 7.20. The van der Waals surface area contributed by atoms with Crippen molar-refractivity contribution in [1.82, 2.24) is 14.9 Å². The Morgan fingerprint density at radius 3 is 3.17 bits per heavy atom. The van der Waals surface area contributed by atoms with Gasteiger partial charge in [-0.25, -0.2) is 4.98 Å². The van der Waals surface area contributed by atoms with Crippen LogP contribution in [0.25, 0.3) is 21.3 Å². The van der Waals surface area contributed by atoms with E-state index >= 15 is 0 Å². The van der Waals surface area contributed by atoms with Crippen molar-refractivity contribution in [2.75, 3.05) is 13.1 Å². The third-order valence-electron chi connectivity index (χ3n) is 5.28. The first-order chi connectivity index (χ1) is 14.2. The van der Waals surface area contributed by atoms with Gasteiger partial charge in [0.15, 0.2) is 5.65 Å². The Morgan fingerprint density at radius 1 is 1.38 bits per heavy atom. The van der Waals surface area contributed by atoms with Crippen molar-refractivity contribution in [3.05, 3.63) is 48.4 Å². The number of likely N-dealkylation sites (tertiary alicyclic amines) is 1. The molecule has 1 aromatic carbocycles. The number of piperidine rings is 1. The predicted molar refractivity (Wildman–Crippen MR) is 111 cm³/mol. The van der Waals surface area contributed by atoms with E-state index in [2.05, 4.69) is 14.9 Å². The molecular weight excluding hydrogens is 388 g/mol. The Labute approximate surface area is 171 Å². The molecule has 5 rings (SSSR count). The number of fused-ring (bicyclic) bond motifs is 2. The number of carbonyl (C=O) groups excluding carboxylic acids is 1. The first kappa shape index (κ1) is 18.1. The minimum Gasteiger partial charge on any atom is -0.464 e. The molecule has 0 saturated carbocycles. The molecule has 0 bridgehead atoms. The number of pyridine rings is 1. The van der Waals surface area contributed by atoms with Crippen LogP contribution in [0.2, 0.25) is 0 Å². The monoisotopic (exact) mass is 408 g/mol. The number of hydrogen-bond donors (Lipinski definition) is 1. The van der Waals surface area contributed by atoms with Crippen LogP contribution in [0.15, 0.2) is 47.2 Å². The van der Waals surface area contributed by atoms with Gasteiger partial charge in [-0.05, 0) is 43.7 Å². The summed E-state index contributed by atoms with van der Waals surface area (Å²) < 4.78 is 12.7. The van der Waals surface area contributed by atoms with Gasteiger partial charge in [0.1, 0.15) is 11.3 Å². The average Bonchev–Trinajstić information content (AvgIpc) is 3.31. The van der Waals surface area contributed by atoms with Crippen molar-refractivity contribution >= 4 is 38.6 Å². The molecule has 3 aromatic heterocycles. The summed E-state index contributed by atoms with van der Waals surface area (Å²) in [5.41, 5.74) is 8.04. The molecule has 1 amide bonds. The maximum absolute atomic E-state index is 11.5. The van der Waals surface area contributed by atoms with Gasteiger partial charge in [0, 0.05) is 36.3 Å². The van der Waals surface area contributed by atoms with E-state index in [1.165, 1.54) is 11.3 Å². The second-order valence-electron chi connectivity index (χ2n) is 7.30. The standard InChI is InChI=1S/C21H20N4O3S/c22-19(26)13-3-2-8-25(10-13)11-14-12-27-17-9-15(5-6-16(14)17)28-21-24-20-18(29-21)4-1-7-23-20/h1,4-7,9,12-13H,2-3,8,10-11H2,(H2,22,26). The van der Waals surface area contributed by atoms with Crippen molar-refractivity contribution in [3.63, 3.8) is 0 Å². The first-order valence-electron chi connectivity index (χ1n) is 9.57. The molecule has 148 valence electrons. The van der Waals surface area contributed by atoms with Crippen LogP contribution in [-0.2, 0) is 11.3 Å². The van der Waals surface area contributed by atoms with Gasteiger partial charge >= 0.3 is 0 Å². The molecule has 4 aromatic rings. The first-order valence-corrected chi connectivity index (χ1v) is 10.4. The van der Waals surface area contributed by atoms with Crippen LogP contribution in [0, 0.1) is 5.92 Å². The fourth-order valence-electron chi connectivity index (χ4n) is 3.82. The van der Waals surface area contributed by atoms with Gasteiger partial charge in [0.05, 0.1) is 16.9 Å². The van der Waals surface area contributed by atoms with E-state index in [-0.39, 0.29) is 11.8 Å². The summed E-state index contributed by atoms with van der Waals surface area (Å²) in [5, 5.41) is 1.60. The van der Waals surface area contributed by atoms with Crippen LogP contribution in [0.4, 0.5) is 0 Å². The molecule has 1 aliphatic heterocycles. The summed E-state index contributed by atoms with van der Waals surface area (Å²) in [6, 6.07) is 9.65. The van der Waals surface area contributed by atoms with Gasteiger partial charge in [0.2, 0.25) is 5.91 Å². The lowest BCUT2D eigenvalue weighted by atomic mass is 9.97. The van der Waals surface area contributed by atoms with Crippen molar-refractivity contribution in [2.24, 2.45) is 11.7 Å². The number of carbonyl (C=O) groups is 1. The minimum atomic E-state index is -0.210. The quantitative estimate of drug-likeness (QED) is 0.538. The summed E-state index contributed by atoms with van der Waals surface area (Å²) in [4.78, 5) is 22.4. The number of hydrogen-bond acceptors (Lipinski definition) is 7. The summed E-state index contributed by atoms with van der Waals surface area (Å²) in [5.74, 6) is 0.396. The number of furan rings is 1. The SMILES string of the molecule is NC(=O)C1CCCN(Cc2coc3cc(Oc4nc5ncccc5s4)ccc23)C1. The van der Waals surface area contributed by atoms with Crippen molar-refractivity contribution in [3.8, 4) is 10.9 Å².